The Bertz CT molecular complexity index is 142. The summed E-state index contributed by atoms with van der Waals surface area (Å²) >= 11 is 5.56. The minimum absolute atomic E-state index is 0. The fourth-order valence-corrected chi connectivity index (χ4v) is 1.38. The Balaban J connectivity index is 0. The average molecular weight is 231 g/mol. The first-order chi connectivity index (χ1) is 6.18. The summed E-state index contributed by atoms with van der Waals surface area (Å²) < 4.78 is 0. The maximum absolute atomic E-state index is 10.3. The van der Waals surface area contributed by atoms with Gasteiger partial charge in [0.2, 0.25) is 0 Å². The molecule has 0 aromatic carbocycles. The van der Waals surface area contributed by atoms with E-state index in [1.807, 2.05) is 0 Å². The molecule has 0 spiro atoms. The van der Waals surface area contributed by atoms with Gasteiger partial charge in [-0.15, -0.1) is 11.6 Å². The van der Waals surface area contributed by atoms with Gasteiger partial charge in [0.25, 0.3) is 0 Å². The number of carboxylic acids is 1. The monoisotopic (exact) mass is 230 g/mol. The van der Waals surface area contributed by atoms with Crippen molar-refractivity contribution in [2.45, 2.75) is 57.2 Å². The normalized spacial score (nSPS) is 11.9. The minimum atomic E-state index is -0.893. The molecule has 0 fully saturated rings. The van der Waals surface area contributed by atoms with Crippen LogP contribution in [0, 0.1) is 0 Å². The summed E-state index contributed by atoms with van der Waals surface area (Å²) in [5.41, 5.74) is 0. The molecule has 0 aliphatic carbocycles. The number of hydrogen-bond donors (Lipinski definition) is 1. The Labute approximate surface area is 114 Å². The molecule has 0 aromatic rings. The molecule has 14 heavy (non-hydrogen) atoms. The van der Waals surface area contributed by atoms with Gasteiger partial charge in [0.15, 0.2) is 0 Å². The van der Waals surface area contributed by atoms with Crippen LogP contribution in [0.5, 0.6) is 0 Å². The van der Waals surface area contributed by atoms with E-state index in [1.54, 1.807) is 0 Å². The molecule has 1 atom stereocenters. The standard InChI is InChI=1S/C10H19ClO2.Na.H/c1-2-3-4-5-6-7-8-9(11)10(12)13;;/h9H,2-8H2,1H3,(H,12,13);;. The van der Waals surface area contributed by atoms with Crippen LogP contribution in [0.1, 0.15) is 51.9 Å². The van der Waals surface area contributed by atoms with E-state index in [-0.39, 0.29) is 29.6 Å². The van der Waals surface area contributed by atoms with E-state index in [0.29, 0.717) is 6.42 Å². The van der Waals surface area contributed by atoms with Crippen molar-refractivity contribution in [2.24, 2.45) is 0 Å². The van der Waals surface area contributed by atoms with E-state index in [4.69, 9.17) is 16.7 Å². The van der Waals surface area contributed by atoms with Gasteiger partial charge in [0, 0.05) is 0 Å². The molecule has 0 heterocycles. The molecular formula is C10H20ClNaO2. The second kappa shape index (κ2) is 11.8. The maximum atomic E-state index is 10.3. The third-order valence-electron chi connectivity index (χ3n) is 2.08. The van der Waals surface area contributed by atoms with Crippen molar-refractivity contribution in [3.63, 3.8) is 0 Å². The van der Waals surface area contributed by atoms with Gasteiger partial charge >= 0.3 is 35.5 Å². The second-order valence-electron chi connectivity index (χ2n) is 3.36. The van der Waals surface area contributed by atoms with Crippen molar-refractivity contribution < 1.29 is 9.90 Å². The van der Waals surface area contributed by atoms with Gasteiger partial charge in [-0.25, -0.2) is 0 Å². The van der Waals surface area contributed by atoms with Gasteiger partial charge in [0.05, 0.1) is 0 Å². The molecule has 0 bridgehead atoms. The van der Waals surface area contributed by atoms with Crippen LogP contribution in [-0.2, 0) is 4.79 Å². The SMILES string of the molecule is CCCCCCCCC(Cl)C(=O)O.[NaH]. The van der Waals surface area contributed by atoms with Crippen molar-refractivity contribution in [3.05, 3.63) is 0 Å². The van der Waals surface area contributed by atoms with E-state index in [9.17, 15) is 4.79 Å². The molecule has 0 aliphatic rings. The molecule has 0 aliphatic heterocycles. The van der Waals surface area contributed by atoms with Gasteiger partial charge in [-0.05, 0) is 6.42 Å². The number of carboxylic acid groups (broad SMARTS) is 1. The number of rotatable bonds is 8. The van der Waals surface area contributed by atoms with Gasteiger partial charge < -0.3 is 5.11 Å². The molecule has 0 radical (unpaired) electrons. The van der Waals surface area contributed by atoms with E-state index >= 15 is 0 Å². The molecule has 1 unspecified atom stereocenters. The molecular weight excluding hydrogens is 211 g/mol. The summed E-state index contributed by atoms with van der Waals surface area (Å²) in [5.74, 6) is -0.893. The van der Waals surface area contributed by atoms with Crippen molar-refractivity contribution in [1.82, 2.24) is 0 Å². The van der Waals surface area contributed by atoms with Crippen LogP contribution in [0.25, 0.3) is 0 Å². The molecule has 0 aromatic heterocycles. The molecule has 0 saturated carbocycles. The Morgan fingerprint density at radius 1 is 1.21 bits per heavy atom. The third kappa shape index (κ3) is 10.8. The molecule has 0 saturated heterocycles. The fraction of sp³-hybridized carbons (Fsp3) is 0.900. The van der Waals surface area contributed by atoms with Crippen molar-refractivity contribution in [3.8, 4) is 0 Å². The Kier molecular flexibility index (Phi) is 14.5. The molecule has 2 nitrogen and oxygen atoms in total. The van der Waals surface area contributed by atoms with Crippen molar-refractivity contribution in [1.29, 1.82) is 0 Å². The first-order valence-electron chi connectivity index (χ1n) is 5.05. The number of aliphatic carboxylic acids is 1. The summed E-state index contributed by atoms with van der Waals surface area (Å²) in [6.07, 6.45) is 7.63. The predicted molar refractivity (Wildman–Crippen MR) is 62.4 cm³/mol. The number of halogens is 1. The number of carbonyl (C=O) groups is 1. The number of hydrogen-bond acceptors (Lipinski definition) is 1. The van der Waals surface area contributed by atoms with Crippen LogP contribution in [0.2, 0.25) is 0 Å². The number of unbranched alkanes of at least 4 members (excludes halogenated alkanes) is 5. The van der Waals surface area contributed by atoms with Crippen LogP contribution in [0.3, 0.4) is 0 Å². The van der Waals surface area contributed by atoms with E-state index < -0.39 is 11.3 Å². The molecule has 80 valence electrons. The van der Waals surface area contributed by atoms with Crippen LogP contribution < -0.4 is 0 Å². The van der Waals surface area contributed by atoms with Gasteiger partial charge in [-0.3, -0.25) is 4.79 Å². The summed E-state index contributed by atoms with van der Waals surface area (Å²) in [5, 5.41) is 7.80. The van der Waals surface area contributed by atoms with Crippen molar-refractivity contribution in [2.75, 3.05) is 0 Å². The van der Waals surface area contributed by atoms with Crippen molar-refractivity contribution >= 4 is 47.1 Å². The summed E-state index contributed by atoms with van der Waals surface area (Å²) in [4.78, 5) is 10.3. The quantitative estimate of drug-likeness (QED) is 0.396. The van der Waals surface area contributed by atoms with Crippen LogP contribution >= 0.6 is 11.6 Å². The van der Waals surface area contributed by atoms with Crippen LogP contribution in [0.4, 0.5) is 0 Å². The Hall–Kier alpha value is 0.760. The average Bonchev–Trinajstić information content (AvgIpc) is 2.10. The summed E-state index contributed by atoms with van der Waals surface area (Å²) in [6, 6.07) is 0. The van der Waals surface area contributed by atoms with Gasteiger partial charge in [0.1, 0.15) is 5.38 Å². The zero-order valence-electron chi connectivity index (χ0n) is 8.26. The molecule has 4 heteroatoms. The molecule has 1 N–H and O–H groups in total. The molecule has 0 amide bonds. The Morgan fingerprint density at radius 2 is 1.71 bits per heavy atom. The molecule has 0 rings (SSSR count). The van der Waals surface area contributed by atoms with E-state index in [1.165, 1.54) is 25.7 Å². The first-order valence-corrected chi connectivity index (χ1v) is 5.49. The second-order valence-corrected chi connectivity index (χ2v) is 3.89. The first kappa shape index (κ1) is 17.2. The zero-order valence-corrected chi connectivity index (χ0v) is 9.02. The zero-order chi connectivity index (χ0) is 10.1. The third-order valence-corrected chi connectivity index (χ3v) is 2.48. The van der Waals surface area contributed by atoms with Gasteiger partial charge in [-0.2, -0.15) is 0 Å². The number of alkyl halides is 1. The van der Waals surface area contributed by atoms with Crippen LogP contribution in [0.15, 0.2) is 0 Å². The topological polar surface area (TPSA) is 37.3 Å². The van der Waals surface area contributed by atoms with E-state index in [2.05, 4.69) is 6.92 Å². The van der Waals surface area contributed by atoms with Gasteiger partial charge in [-0.1, -0.05) is 45.4 Å². The summed E-state index contributed by atoms with van der Waals surface area (Å²) in [6.45, 7) is 2.18. The van der Waals surface area contributed by atoms with Crippen LogP contribution in [-0.4, -0.2) is 46.0 Å². The summed E-state index contributed by atoms with van der Waals surface area (Å²) in [7, 11) is 0. The Morgan fingerprint density at radius 3 is 2.21 bits per heavy atom. The fourth-order valence-electron chi connectivity index (χ4n) is 1.23. The van der Waals surface area contributed by atoms with E-state index in [0.717, 1.165) is 12.8 Å². The predicted octanol–water partition coefficient (Wildman–Crippen LogP) is 2.78.